The molecule has 0 atom stereocenters. The molecule has 2 rings (SSSR count). The van der Waals surface area contributed by atoms with E-state index in [1.165, 1.54) is 22.7 Å². The van der Waals surface area contributed by atoms with Crippen LogP contribution in [0.5, 0.6) is 0 Å². The highest BCUT2D eigenvalue weighted by molar-refractivity contribution is 8.05. The summed E-state index contributed by atoms with van der Waals surface area (Å²) in [4.78, 5) is 24.0. The third kappa shape index (κ3) is 2.81. The van der Waals surface area contributed by atoms with Crippen molar-refractivity contribution in [2.75, 3.05) is 6.54 Å². The first-order chi connectivity index (χ1) is 8.68. The predicted molar refractivity (Wildman–Crippen MR) is 70.5 cm³/mol. The van der Waals surface area contributed by atoms with Crippen molar-refractivity contribution < 1.29 is 14.7 Å². The lowest BCUT2D eigenvalue weighted by Gasteiger charge is -2.21. The van der Waals surface area contributed by atoms with Gasteiger partial charge in [-0.2, -0.15) is 0 Å². The second-order valence-electron chi connectivity index (χ2n) is 3.63. The highest BCUT2D eigenvalue weighted by atomic mass is 32.2. The average molecular weight is 261 g/mol. The Labute approximate surface area is 109 Å². The van der Waals surface area contributed by atoms with E-state index in [0.717, 1.165) is 5.56 Å². The monoisotopic (exact) mass is 261 g/mol. The molecular formula is C13H11NO3S. The molecule has 0 saturated heterocycles. The summed E-state index contributed by atoms with van der Waals surface area (Å²) in [5.41, 5.74) is 1.43. The van der Waals surface area contributed by atoms with Gasteiger partial charge in [-0.25, -0.2) is 0 Å². The zero-order valence-electron chi connectivity index (χ0n) is 9.45. The van der Waals surface area contributed by atoms with Crippen LogP contribution in [-0.2, 0) is 9.59 Å². The predicted octanol–water partition coefficient (Wildman–Crippen LogP) is 2.16. The Morgan fingerprint density at radius 3 is 2.67 bits per heavy atom. The summed E-state index contributed by atoms with van der Waals surface area (Å²) in [5.74, 6) is -1.36. The number of carboxylic acids is 1. The molecule has 92 valence electrons. The van der Waals surface area contributed by atoms with Crippen LogP contribution in [0.15, 0.2) is 47.2 Å². The number of carboxylic acid groups (broad SMARTS) is 1. The van der Waals surface area contributed by atoms with Crippen LogP contribution in [-0.4, -0.2) is 28.4 Å². The third-order valence-corrected chi connectivity index (χ3v) is 3.04. The number of carbonyl (C=O) groups is 2. The summed E-state index contributed by atoms with van der Waals surface area (Å²) >= 11 is 1.36. The van der Waals surface area contributed by atoms with Gasteiger partial charge in [-0.05, 0) is 16.4 Å². The Kier molecular flexibility index (Phi) is 3.84. The van der Waals surface area contributed by atoms with E-state index < -0.39 is 5.97 Å². The number of amides is 1. The van der Waals surface area contributed by atoms with Crippen LogP contribution in [0.3, 0.4) is 0 Å². The normalized spacial score (nSPS) is 15.2. The second-order valence-corrected chi connectivity index (χ2v) is 4.41. The van der Waals surface area contributed by atoms with Gasteiger partial charge >= 0.3 is 5.97 Å². The molecule has 0 bridgehead atoms. The maximum absolute atomic E-state index is 11.9. The van der Waals surface area contributed by atoms with E-state index in [-0.39, 0.29) is 12.5 Å². The minimum absolute atomic E-state index is 0.322. The van der Waals surface area contributed by atoms with Crippen LogP contribution in [0, 0.1) is 0 Å². The van der Waals surface area contributed by atoms with Crippen molar-refractivity contribution in [1.82, 2.24) is 4.90 Å². The van der Waals surface area contributed by atoms with Crippen LogP contribution in [0.1, 0.15) is 5.56 Å². The Hall–Kier alpha value is -2.01. The van der Waals surface area contributed by atoms with Gasteiger partial charge in [0.05, 0.1) is 5.70 Å². The number of thioether (sulfide) groups is 1. The zero-order valence-corrected chi connectivity index (χ0v) is 10.3. The SMILES string of the molecule is O=C(O)CN1C(=O)C=CSC=C1c1ccccc1. The number of hydrogen-bond acceptors (Lipinski definition) is 3. The summed E-state index contributed by atoms with van der Waals surface area (Å²) in [6.07, 6.45) is 1.38. The topological polar surface area (TPSA) is 57.6 Å². The lowest BCUT2D eigenvalue weighted by molar-refractivity contribution is -0.140. The first-order valence-corrected chi connectivity index (χ1v) is 6.23. The Bertz CT molecular complexity index is 522. The molecule has 0 radical (unpaired) electrons. The van der Waals surface area contributed by atoms with Gasteiger partial charge in [0.15, 0.2) is 0 Å². The number of nitrogens with zero attached hydrogens (tertiary/aromatic N) is 1. The number of rotatable bonds is 3. The molecule has 0 saturated carbocycles. The molecule has 1 aliphatic heterocycles. The fourth-order valence-corrected chi connectivity index (χ4v) is 2.27. The van der Waals surface area contributed by atoms with Crippen molar-refractivity contribution >= 4 is 29.3 Å². The molecule has 4 nitrogen and oxygen atoms in total. The average Bonchev–Trinajstić information content (AvgIpc) is 2.53. The molecule has 1 aliphatic rings. The van der Waals surface area contributed by atoms with Gasteiger partial charge in [0.1, 0.15) is 6.54 Å². The van der Waals surface area contributed by atoms with Gasteiger partial charge in [0, 0.05) is 6.08 Å². The number of aliphatic carboxylic acids is 1. The highest BCUT2D eigenvalue weighted by Gasteiger charge is 2.21. The van der Waals surface area contributed by atoms with Crippen molar-refractivity contribution in [2.45, 2.75) is 0 Å². The van der Waals surface area contributed by atoms with Crippen LogP contribution in [0.2, 0.25) is 0 Å². The third-order valence-electron chi connectivity index (χ3n) is 2.39. The van der Waals surface area contributed by atoms with E-state index in [1.54, 1.807) is 10.8 Å². The molecule has 0 aromatic heterocycles. The molecule has 1 heterocycles. The van der Waals surface area contributed by atoms with E-state index in [0.29, 0.717) is 5.70 Å². The van der Waals surface area contributed by atoms with Gasteiger partial charge in [0.25, 0.3) is 5.91 Å². The molecule has 0 aliphatic carbocycles. The molecule has 1 N–H and O–H groups in total. The van der Waals surface area contributed by atoms with Crippen molar-refractivity contribution in [3.63, 3.8) is 0 Å². The molecule has 1 aromatic rings. The van der Waals surface area contributed by atoms with Crippen molar-refractivity contribution in [3.8, 4) is 0 Å². The van der Waals surface area contributed by atoms with Crippen LogP contribution < -0.4 is 0 Å². The Morgan fingerprint density at radius 1 is 1.28 bits per heavy atom. The smallest absolute Gasteiger partial charge is 0.323 e. The minimum atomic E-state index is -1.04. The Morgan fingerprint density at radius 2 is 2.00 bits per heavy atom. The van der Waals surface area contributed by atoms with Crippen molar-refractivity contribution in [3.05, 3.63) is 52.8 Å². The number of benzene rings is 1. The van der Waals surface area contributed by atoms with Crippen LogP contribution >= 0.6 is 11.8 Å². The molecule has 1 aromatic carbocycles. The molecule has 0 fully saturated rings. The molecular weight excluding hydrogens is 250 g/mol. The first-order valence-electron chi connectivity index (χ1n) is 5.29. The maximum Gasteiger partial charge on any atom is 0.323 e. The second kappa shape index (κ2) is 5.55. The van der Waals surface area contributed by atoms with E-state index >= 15 is 0 Å². The molecule has 18 heavy (non-hydrogen) atoms. The molecule has 0 unspecified atom stereocenters. The minimum Gasteiger partial charge on any atom is -0.480 e. The van der Waals surface area contributed by atoms with Crippen molar-refractivity contribution in [2.24, 2.45) is 0 Å². The maximum atomic E-state index is 11.9. The van der Waals surface area contributed by atoms with Crippen LogP contribution in [0.4, 0.5) is 0 Å². The standard InChI is InChI=1S/C13H11NO3S/c15-12-6-7-18-9-11(14(12)8-13(16)17)10-4-2-1-3-5-10/h1-7,9H,8H2,(H,16,17). The van der Waals surface area contributed by atoms with E-state index in [1.807, 2.05) is 30.3 Å². The van der Waals surface area contributed by atoms with Crippen LogP contribution in [0.25, 0.3) is 5.70 Å². The van der Waals surface area contributed by atoms with Gasteiger partial charge in [-0.3, -0.25) is 14.5 Å². The van der Waals surface area contributed by atoms with E-state index in [4.69, 9.17) is 5.11 Å². The number of hydrogen-bond donors (Lipinski definition) is 1. The summed E-state index contributed by atoms with van der Waals surface area (Å²) in [6.45, 7) is -0.343. The van der Waals surface area contributed by atoms with Gasteiger partial charge < -0.3 is 5.11 Å². The van der Waals surface area contributed by atoms with Gasteiger partial charge in [-0.1, -0.05) is 30.3 Å². The lowest BCUT2D eigenvalue weighted by atomic mass is 10.1. The van der Waals surface area contributed by atoms with E-state index in [2.05, 4.69) is 0 Å². The fraction of sp³-hybridized carbons (Fsp3) is 0.0769. The van der Waals surface area contributed by atoms with Gasteiger partial charge in [0.2, 0.25) is 0 Å². The summed E-state index contributed by atoms with van der Waals surface area (Å²) in [6, 6.07) is 9.26. The molecule has 0 spiro atoms. The molecule has 1 amide bonds. The largest absolute Gasteiger partial charge is 0.480 e. The number of carbonyl (C=O) groups excluding carboxylic acids is 1. The first kappa shape index (κ1) is 12.4. The zero-order chi connectivity index (χ0) is 13.0. The van der Waals surface area contributed by atoms with E-state index in [9.17, 15) is 9.59 Å². The van der Waals surface area contributed by atoms with Crippen molar-refractivity contribution in [1.29, 1.82) is 0 Å². The summed E-state index contributed by atoms with van der Waals surface area (Å²) in [7, 11) is 0. The lowest BCUT2D eigenvalue weighted by Crippen LogP contribution is -2.32. The Balaban J connectivity index is 2.38. The quantitative estimate of drug-likeness (QED) is 0.905. The highest BCUT2D eigenvalue weighted by Crippen LogP contribution is 2.26. The molecule has 5 heteroatoms. The summed E-state index contributed by atoms with van der Waals surface area (Å²) in [5, 5.41) is 12.3. The fourth-order valence-electron chi connectivity index (χ4n) is 1.60. The van der Waals surface area contributed by atoms with Gasteiger partial charge in [-0.15, -0.1) is 11.8 Å². The summed E-state index contributed by atoms with van der Waals surface area (Å²) < 4.78 is 0.